The maximum atomic E-state index is 11.6. The predicted molar refractivity (Wildman–Crippen MR) is 66.8 cm³/mol. The molecule has 2 atom stereocenters. The van der Waals surface area contributed by atoms with Gasteiger partial charge in [-0.25, -0.2) is 0 Å². The Hall–Kier alpha value is 0.370. The third kappa shape index (κ3) is 3.70. The average Bonchev–Trinajstić information content (AvgIpc) is 2.19. The summed E-state index contributed by atoms with van der Waals surface area (Å²) in [6.45, 7) is 11.1. The van der Waals surface area contributed by atoms with Crippen LogP contribution in [0.5, 0.6) is 0 Å². The minimum Gasteiger partial charge on any atom is -0.295 e. The molecule has 0 saturated carbocycles. The van der Waals surface area contributed by atoms with E-state index in [1.54, 1.807) is 0 Å². The monoisotopic (exact) mass is 250 g/mol. The van der Waals surface area contributed by atoms with Crippen molar-refractivity contribution in [3.05, 3.63) is 0 Å². The van der Waals surface area contributed by atoms with Gasteiger partial charge in [0.1, 0.15) is 0 Å². The first-order chi connectivity index (χ1) is 6.77. The molecule has 0 aromatic rings. The van der Waals surface area contributed by atoms with E-state index < -0.39 is 8.03 Å². The summed E-state index contributed by atoms with van der Waals surface area (Å²) < 4.78 is 16.8. The van der Waals surface area contributed by atoms with Crippen molar-refractivity contribution in [2.45, 2.75) is 50.3 Å². The lowest BCUT2D eigenvalue weighted by Gasteiger charge is -2.21. The van der Waals surface area contributed by atoms with Crippen molar-refractivity contribution in [1.29, 1.82) is 0 Å². The maximum Gasteiger partial charge on any atom is 0.509 e. The van der Waals surface area contributed by atoms with Crippen molar-refractivity contribution in [3.63, 3.8) is 0 Å². The molecule has 0 radical (unpaired) electrons. The molecule has 1 N–H and O–H groups in total. The zero-order valence-electron chi connectivity index (χ0n) is 10.2. The minimum atomic E-state index is -1.52. The second-order valence-electron chi connectivity index (χ2n) is 4.85. The van der Waals surface area contributed by atoms with Gasteiger partial charge in [0.15, 0.2) is 6.16 Å². The van der Waals surface area contributed by atoms with Gasteiger partial charge in [-0.2, -0.15) is 0 Å². The molecule has 1 rings (SSSR count). The van der Waals surface area contributed by atoms with Crippen molar-refractivity contribution < 1.29 is 9.09 Å². The second-order valence-corrected chi connectivity index (χ2v) is 8.41. The van der Waals surface area contributed by atoms with Crippen molar-refractivity contribution in [2.24, 2.45) is 0 Å². The van der Waals surface area contributed by atoms with Crippen LogP contribution in [0.2, 0.25) is 0 Å². The zero-order chi connectivity index (χ0) is 11.7. The van der Waals surface area contributed by atoms with E-state index in [0.717, 1.165) is 0 Å². The summed E-state index contributed by atoms with van der Waals surface area (Å²) in [7, 11) is -1.52. The summed E-state index contributed by atoms with van der Waals surface area (Å²) in [5.74, 6) is 0. The summed E-state index contributed by atoms with van der Waals surface area (Å²) >= 11 is 1.90. The quantitative estimate of drug-likeness (QED) is 0.778. The van der Waals surface area contributed by atoms with E-state index in [4.69, 9.17) is 4.52 Å². The molecule has 1 heterocycles. The first-order valence-corrected chi connectivity index (χ1v) is 7.50. The van der Waals surface area contributed by atoms with E-state index in [9.17, 15) is 4.57 Å². The normalized spacial score (nSPS) is 29.1. The number of hydrogen-bond acceptors (Lipinski definition) is 4. The van der Waals surface area contributed by atoms with E-state index in [2.05, 4.69) is 33.0 Å². The van der Waals surface area contributed by atoms with Gasteiger partial charge in [-0.15, -0.1) is 16.3 Å². The van der Waals surface area contributed by atoms with Crippen LogP contribution >= 0.6 is 19.8 Å². The molecule has 1 aliphatic heterocycles. The topological polar surface area (TPSA) is 38.3 Å². The summed E-state index contributed by atoms with van der Waals surface area (Å²) in [6.07, 6.45) is 0.604. The SMILES string of the molecule is CCO[P+](=O)CC1NC(C)(C)SC1(C)C. The van der Waals surface area contributed by atoms with Crippen LogP contribution in [0.1, 0.15) is 34.6 Å². The van der Waals surface area contributed by atoms with Crippen LogP contribution in [0.15, 0.2) is 0 Å². The molecule has 0 amide bonds. The van der Waals surface area contributed by atoms with Gasteiger partial charge in [0.2, 0.25) is 0 Å². The van der Waals surface area contributed by atoms with Gasteiger partial charge in [-0.3, -0.25) is 5.32 Å². The van der Waals surface area contributed by atoms with E-state index >= 15 is 0 Å². The Balaban J connectivity index is 2.59. The third-order valence-corrected chi connectivity index (χ3v) is 5.13. The summed E-state index contributed by atoms with van der Waals surface area (Å²) in [5, 5.41) is 3.51. The molecular weight excluding hydrogens is 229 g/mol. The summed E-state index contributed by atoms with van der Waals surface area (Å²) in [4.78, 5) is 0.0660. The van der Waals surface area contributed by atoms with Crippen LogP contribution in [0.25, 0.3) is 0 Å². The fourth-order valence-corrected chi connectivity index (χ4v) is 5.13. The van der Waals surface area contributed by atoms with Gasteiger partial charge in [-0.05, 0) is 39.2 Å². The second kappa shape index (κ2) is 4.70. The van der Waals surface area contributed by atoms with Crippen LogP contribution in [0.4, 0.5) is 0 Å². The fraction of sp³-hybridized carbons (Fsp3) is 1.00. The molecule has 0 aliphatic carbocycles. The minimum absolute atomic E-state index is 0.0660. The molecule has 88 valence electrons. The average molecular weight is 250 g/mol. The molecule has 1 aliphatic rings. The zero-order valence-corrected chi connectivity index (χ0v) is 11.9. The van der Waals surface area contributed by atoms with Gasteiger partial charge in [0.25, 0.3) is 0 Å². The Morgan fingerprint density at radius 3 is 2.40 bits per heavy atom. The molecule has 0 bridgehead atoms. The highest BCUT2D eigenvalue weighted by Gasteiger charge is 2.48. The first kappa shape index (κ1) is 13.4. The molecule has 2 unspecified atom stereocenters. The number of nitrogens with one attached hydrogen (secondary N) is 1. The Labute approximate surface area is 97.6 Å². The molecule has 0 aromatic carbocycles. The highest BCUT2D eigenvalue weighted by Crippen LogP contribution is 2.46. The standard InChI is InChI=1S/C10H21NO2PS/c1-6-13-14(12)7-8-9(2,3)15-10(4,5)11-8/h8,11H,6-7H2,1-5H3/q+1. The summed E-state index contributed by atoms with van der Waals surface area (Å²) in [6, 6.07) is 0.257. The molecule has 1 fully saturated rings. The molecule has 5 heteroatoms. The van der Waals surface area contributed by atoms with Gasteiger partial charge in [-0.1, -0.05) is 0 Å². The lowest BCUT2D eigenvalue weighted by Crippen LogP contribution is -2.42. The van der Waals surface area contributed by atoms with E-state index in [0.29, 0.717) is 12.8 Å². The van der Waals surface area contributed by atoms with Crippen LogP contribution in [-0.2, 0) is 9.09 Å². The summed E-state index contributed by atoms with van der Waals surface area (Å²) in [5.41, 5.74) is 0. The largest absolute Gasteiger partial charge is 0.509 e. The number of thioether (sulfide) groups is 1. The van der Waals surface area contributed by atoms with Gasteiger partial charge < -0.3 is 0 Å². The third-order valence-electron chi connectivity index (χ3n) is 2.48. The molecular formula is C10H21NO2PS+. The predicted octanol–water partition coefficient (Wildman–Crippen LogP) is 2.99. The van der Waals surface area contributed by atoms with Gasteiger partial charge in [0, 0.05) is 4.75 Å². The van der Waals surface area contributed by atoms with Crippen molar-refractivity contribution in [1.82, 2.24) is 5.32 Å². The van der Waals surface area contributed by atoms with Gasteiger partial charge >= 0.3 is 8.03 Å². The highest BCUT2D eigenvalue weighted by atomic mass is 32.2. The van der Waals surface area contributed by atoms with Crippen molar-refractivity contribution >= 4 is 19.8 Å². The van der Waals surface area contributed by atoms with E-state index in [1.165, 1.54) is 0 Å². The molecule has 0 spiro atoms. The Morgan fingerprint density at radius 2 is 2.00 bits per heavy atom. The van der Waals surface area contributed by atoms with Crippen LogP contribution < -0.4 is 5.32 Å². The van der Waals surface area contributed by atoms with Gasteiger partial charge in [0.05, 0.1) is 17.5 Å². The number of rotatable bonds is 4. The highest BCUT2D eigenvalue weighted by molar-refractivity contribution is 8.02. The Morgan fingerprint density at radius 1 is 1.40 bits per heavy atom. The van der Waals surface area contributed by atoms with Crippen molar-refractivity contribution in [2.75, 3.05) is 12.8 Å². The lowest BCUT2D eigenvalue weighted by atomic mass is 10.1. The lowest BCUT2D eigenvalue weighted by molar-refractivity contribution is 0.341. The maximum absolute atomic E-state index is 11.6. The molecule has 3 nitrogen and oxygen atoms in total. The fourth-order valence-electron chi connectivity index (χ4n) is 1.96. The van der Waals surface area contributed by atoms with E-state index in [-0.39, 0.29) is 15.7 Å². The molecule has 0 aromatic heterocycles. The Bertz CT molecular complexity index is 256. The van der Waals surface area contributed by atoms with Crippen LogP contribution in [0, 0.1) is 0 Å². The van der Waals surface area contributed by atoms with E-state index in [1.807, 2.05) is 18.7 Å². The van der Waals surface area contributed by atoms with Crippen molar-refractivity contribution in [3.8, 4) is 0 Å². The first-order valence-electron chi connectivity index (χ1n) is 5.32. The van der Waals surface area contributed by atoms with Crippen LogP contribution in [-0.4, -0.2) is 28.4 Å². The Kier molecular flexibility index (Phi) is 4.21. The molecule has 15 heavy (non-hydrogen) atoms. The number of hydrogen-bond donors (Lipinski definition) is 1. The molecule has 1 saturated heterocycles. The van der Waals surface area contributed by atoms with Crippen LogP contribution in [0.3, 0.4) is 0 Å². The smallest absolute Gasteiger partial charge is 0.295 e.